The van der Waals surface area contributed by atoms with Gasteiger partial charge in [-0.05, 0) is 25.0 Å². The fourth-order valence-electron chi connectivity index (χ4n) is 1.87. The Morgan fingerprint density at radius 2 is 1.95 bits per heavy atom. The lowest BCUT2D eigenvalue weighted by Gasteiger charge is -2.13. The zero-order chi connectivity index (χ0) is 13.7. The lowest BCUT2D eigenvalue weighted by molar-refractivity contribution is -0.134. The smallest absolute Gasteiger partial charge is 0.263 e. The van der Waals surface area contributed by atoms with E-state index in [0.29, 0.717) is 15.6 Å². The van der Waals surface area contributed by atoms with Gasteiger partial charge in [-0.25, -0.2) is 0 Å². The number of halogens is 2. The average molecular weight is 301 g/mol. The standard InChI is InChI=1S/C13H14Cl2N2O2/c14-11-4-3-5-12(15)10(11)8-16-19-9-13(18)17-6-1-2-7-17/h3-5,8H,1-2,6-7,9H2/b16-8+. The maximum Gasteiger partial charge on any atom is 0.263 e. The molecular formula is C13H14Cl2N2O2. The summed E-state index contributed by atoms with van der Waals surface area (Å²) in [6, 6.07) is 5.17. The number of oxime groups is 1. The van der Waals surface area contributed by atoms with Crippen LogP contribution in [0.25, 0.3) is 0 Å². The van der Waals surface area contributed by atoms with Crippen molar-refractivity contribution in [1.82, 2.24) is 4.90 Å². The number of hydrogen-bond donors (Lipinski definition) is 0. The SMILES string of the molecule is O=C(CO/N=C/c1c(Cl)cccc1Cl)N1CCCC1. The van der Waals surface area contributed by atoms with Gasteiger partial charge in [-0.1, -0.05) is 34.4 Å². The van der Waals surface area contributed by atoms with Gasteiger partial charge in [0.25, 0.3) is 5.91 Å². The van der Waals surface area contributed by atoms with Gasteiger partial charge < -0.3 is 9.74 Å². The van der Waals surface area contributed by atoms with Gasteiger partial charge in [0.1, 0.15) is 0 Å². The van der Waals surface area contributed by atoms with E-state index in [1.807, 2.05) is 0 Å². The predicted molar refractivity (Wildman–Crippen MR) is 75.8 cm³/mol. The van der Waals surface area contributed by atoms with E-state index < -0.39 is 0 Å². The monoisotopic (exact) mass is 300 g/mol. The van der Waals surface area contributed by atoms with Crippen LogP contribution in [0, 0.1) is 0 Å². The third-order valence-electron chi connectivity index (χ3n) is 2.90. The van der Waals surface area contributed by atoms with E-state index in [-0.39, 0.29) is 12.5 Å². The summed E-state index contributed by atoms with van der Waals surface area (Å²) in [6.45, 7) is 1.56. The molecule has 1 amide bonds. The summed E-state index contributed by atoms with van der Waals surface area (Å²) in [5, 5.41) is 4.72. The first-order valence-corrected chi connectivity index (χ1v) is 6.81. The van der Waals surface area contributed by atoms with Gasteiger partial charge in [-0.15, -0.1) is 0 Å². The number of benzene rings is 1. The highest BCUT2D eigenvalue weighted by atomic mass is 35.5. The highest BCUT2D eigenvalue weighted by molar-refractivity contribution is 6.38. The fraction of sp³-hybridized carbons (Fsp3) is 0.385. The van der Waals surface area contributed by atoms with Crippen molar-refractivity contribution in [2.75, 3.05) is 19.7 Å². The van der Waals surface area contributed by atoms with Crippen molar-refractivity contribution in [3.63, 3.8) is 0 Å². The molecule has 0 spiro atoms. The molecule has 0 aliphatic carbocycles. The number of hydrogen-bond acceptors (Lipinski definition) is 3. The van der Waals surface area contributed by atoms with Crippen molar-refractivity contribution in [1.29, 1.82) is 0 Å². The van der Waals surface area contributed by atoms with Crippen LogP contribution in [0.2, 0.25) is 10.0 Å². The zero-order valence-corrected chi connectivity index (χ0v) is 11.8. The van der Waals surface area contributed by atoms with Gasteiger partial charge >= 0.3 is 0 Å². The minimum Gasteiger partial charge on any atom is -0.386 e. The van der Waals surface area contributed by atoms with E-state index in [1.54, 1.807) is 23.1 Å². The van der Waals surface area contributed by atoms with Crippen LogP contribution in [0.5, 0.6) is 0 Å². The first kappa shape index (κ1) is 14.2. The van der Waals surface area contributed by atoms with Crippen molar-refractivity contribution in [3.05, 3.63) is 33.8 Å². The van der Waals surface area contributed by atoms with E-state index in [4.69, 9.17) is 28.0 Å². The summed E-state index contributed by atoms with van der Waals surface area (Å²) >= 11 is 11.9. The third-order valence-corrected chi connectivity index (χ3v) is 3.56. The van der Waals surface area contributed by atoms with E-state index in [0.717, 1.165) is 25.9 Å². The Hall–Kier alpha value is -1.26. The summed E-state index contributed by atoms with van der Waals surface area (Å²) in [7, 11) is 0. The molecular weight excluding hydrogens is 287 g/mol. The molecule has 6 heteroatoms. The minimum atomic E-state index is -0.0570. The Morgan fingerprint density at radius 3 is 2.58 bits per heavy atom. The summed E-state index contributed by atoms with van der Waals surface area (Å²) in [4.78, 5) is 18.4. The molecule has 0 N–H and O–H groups in total. The third kappa shape index (κ3) is 3.85. The van der Waals surface area contributed by atoms with Crippen LogP contribution in [0.4, 0.5) is 0 Å². The highest BCUT2D eigenvalue weighted by Gasteiger charge is 2.17. The zero-order valence-electron chi connectivity index (χ0n) is 10.3. The maximum atomic E-state index is 11.7. The molecule has 1 aromatic rings. The predicted octanol–water partition coefficient (Wildman–Crippen LogP) is 2.97. The minimum absolute atomic E-state index is 0.0418. The molecule has 1 saturated heterocycles. The normalized spacial score (nSPS) is 15.2. The van der Waals surface area contributed by atoms with Gasteiger partial charge in [0.15, 0.2) is 6.61 Å². The lowest BCUT2D eigenvalue weighted by Crippen LogP contribution is -2.30. The van der Waals surface area contributed by atoms with Gasteiger partial charge in [-0.3, -0.25) is 4.79 Å². The first-order valence-electron chi connectivity index (χ1n) is 6.05. The number of rotatable bonds is 4. The molecule has 1 heterocycles. The second-order valence-electron chi connectivity index (χ2n) is 4.23. The van der Waals surface area contributed by atoms with Crippen LogP contribution in [-0.2, 0) is 9.63 Å². The number of carbonyl (C=O) groups excluding carboxylic acids is 1. The van der Waals surface area contributed by atoms with E-state index in [1.165, 1.54) is 6.21 Å². The van der Waals surface area contributed by atoms with E-state index in [2.05, 4.69) is 5.16 Å². The van der Waals surface area contributed by atoms with Crippen molar-refractivity contribution < 1.29 is 9.63 Å². The number of nitrogens with zero attached hydrogens (tertiary/aromatic N) is 2. The molecule has 1 aliphatic heterocycles. The Morgan fingerprint density at radius 1 is 1.32 bits per heavy atom. The molecule has 1 aromatic carbocycles. The number of carbonyl (C=O) groups is 1. The van der Waals surface area contributed by atoms with E-state index >= 15 is 0 Å². The molecule has 0 unspecified atom stereocenters. The molecule has 4 nitrogen and oxygen atoms in total. The Bertz CT molecular complexity index is 465. The summed E-state index contributed by atoms with van der Waals surface area (Å²) in [5.41, 5.74) is 0.583. The number of likely N-dealkylation sites (tertiary alicyclic amines) is 1. The Kier molecular flexibility index (Phi) is 5.05. The molecule has 102 valence electrons. The molecule has 0 saturated carbocycles. The topological polar surface area (TPSA) is 41.9 Å². The molecule has 0 aromatic heterocycles. The van der Waals surface area contributed by atoms with Crippen LogP contribution in [0.1, 0.15) is 18.4 Å². The average Bonchev–Trinajstić information content (AvgIpc) is 2.91. The van der Waals surface area contributed by atoms with Crippen LogP contribution >= 0.6 is 23.2 Å². The quantitative estimate of drug-likeness (QED) is 0.634. The van der Waals surface area contributed by atoms with Crippen molar-refractivity contribution in [2.24, 2.45) is 5.16 Å². The Labute approximate surface area is 121 Å². The van der Waals surface area contributed by atoms with Gasteiger partial charge in [0, 0.05) is 18.7 Å². The highest BCUT2D eigenvalue weighted by Crippen LogP contribution is 2.22. The molecule has 2 rings (SSSR count). The van der Waals surface area contributed by atoms with Crippen molar-refractivity contribution in [3.8, 4) is 0 Å². The first-order chi connectivity index (χ1) is 9.18. The molecule has 1 fully saturated rings. The maximum absolute atomic E-state index is 11.7. The van der Waals surface area contributed by atoms with Crippen LogP contribution in [-0.4, -0.2) is 36.7 Å². The molecule has 19 heavy (non-hydrogen) atoms. The van der Waals surface area contributed by atoms with Gasteiger partial charge in [-0.2, -0.15) is 0 Å². The van der Waals surface area contributed by atoms with Crippen molar-refractivity contribution in [2.45, 2.75) is 12.8 Å². The van der Waals surface area contributed by atoms with Crippen molar-refractivity contribution >= 4 is 35.3 Å². The summed E-state index contributed by atoms with van der Waals surface area (Å²) in [5.74, 6) is -0.0418. The molecule has 0 bridgehead atoms. The van der Waals surface area contributed by atoms with Gasteiger partial charge in [0.2, 0.25) is 0 Å². The van der Waals surface area contributed by atoms with E-state index in [9.17, 15) is 4.79 Å². The summed E-state index contributed by atoms with van der Waals surface area (Å²) in [6.07, 6.45) is 3.54. The van der Waals surface area contributed by atoms with Crippen LogP contribution < -0.4 is 0 Å². The molecule has 0 atom stereocenters. The Balaban J connectivity index is 1.85. The largest absolute Gasteiger partial charge is 0.386 e. The second-order valence-corrected chi connectivity index (χ2v) is 5.05. The second kappa shape index (κ2) is 6.78. The van der Waals surface area contributed by atoms with Crippen LogP contribution in [0.15, 0.2) is 23.4 Å². The molecule has 1 aliphatic rings. The van der Waals surface area contributed by atoms with Crippen LogP contribution in [0.3, 0.4) is 0 Å². The molecule has 0 radical (unpaired) electrons. The number of amides is 1. The van der Waals surface area contributed by atoms with Gasteiger partial charge in [0.05, 0.1) is 16.3 Å². The fourth-order valence-corrected chi connectivity index (χ4v) is 2.37. The lowest BCUT2D eigenvalue weighted by atomic mass is 10.2. The summed E-state index contributed by atoms with van der Waals surface area (Å²) < 4.78 is 0.